The van der Waals surface area contributed by atoms with Crippen LogP contribution in [0.5, 0.6) is 0 Å². The Morgan fingerprint density at radius 1 is 1.17 bits per heavy atom. The molecule has 0 aliphatic heterocycles. The summed E-state index contributed by atoms with van der Waals surface area (Å²) in [6.45, 7) is 0.980. The third kappa shape index (κ3) is 6.13. The summed E-state index contributed by atoms with van der Waals surface area (Å²) in [6, 6.07) is 9.11. The number of nitrogens with one attached hydrogen (secondary N) is 2. The van der Waals surface area contributed by atoms with E-state index < -0.39 is 38.2 Å². The average Bonchev–Trinajstić information content (AvgIpc) is 2.84. The van der Waals surface area contributed by atoms with Crippen molar-refractivity contribution in [2.45, 2.75) is 24.8 Å². The van der Waals surface area contributed by atoms with Gasteiger partial charge in [-0.3, -0.25) is 14.8 Å². The van der Waals surface area contributed by atoms with Crippen molar-refractivity contribution in [3.63, 3.8) is 0 Å². The molecule has 0 aliphatic carbocycles. The average molecular weight is 524 g/mol. The normalized spacial score (nSPS) is 12.6. The highest BCUT2D eigenvalue weighted by atomic mass is 32.2. The van der Waals surface area contributed by atoms with E-state index in [1.165, 1.54) is 40.5 Å². The first-order valence-corrected chi connectivity index (χ1v) is 13.0. The highest BCUT2D eigenvalue weighted by Crippen LogP contribution is 2.28. The van der Waals surface area contributed by atoms with E-state index in [-0.39, 0.29) is 36.0 Å². The van der Waals surface area contributed by atoms with Gasteiger partial charge in [0.25, 0.3) is 11.5 Å². The Kier molecular flexibility index (Phi) is 8.90. The summed E-state index contributed by atoms with van der Waals surface area (Å²) in [5.41, 5.74) is 1.49. The van der Waals surface area contributed by atoms with Gasteiger partial charge in [0.1, 0.15) is 5.25 Å². The number of methoxy groups -OCH3 is 1. The Morgan fingerprint density at radius 2 is 1.92 bits per heavy atom. The zero-order chi connectivity index (χ0) is 26.5. The van der Waals surface area contributed by atoms with Crippen molar-refractivity contribution in [3.05, 3.63) is 70.1 Å². The summed E-state index contributed by atoms with van der Waals surface area (Å²) in [4.78, 5) is 24.6. The van der Waals surface area contributed by atoms with Gasteiger partial charge in [-0.2, -0.15) is 0 Å². The number of benzene rings is 2. The molecular weight excluding hydrogens is 496 g/mol. The number of carbonyl (C=O) groups excluding carboxylic acids is 1. The lowest BCUT2D eigenvalue weighted by Crippen LogP contribution is -2.39. The van der Waals surface area contributed by atoms with Crippen molar-refractivity contribution in [1.82, 2.24) is 15.4 Å². The first-order valence-electron chi connectivity index (χ1n) is 11.0. The summed E-state index contributed by atoms with van der Waals surface area (Å²) >= 11 is 0. The van der Waals surface area contributed by atoms with Gasteiger partial charge in [-0.1, -0.05) is 18.2 Å². The van der Waals surface area contributed by atoms with Crippen molar-refractivity contribution < 1.29 is 31.9 Å². The molecule has 3 rings (SSSR count). The number of hydrogen-bond donors (Lipinski definition) is 3. The van der Waals surface area contributed by atoms with Gasteiger partial charge in [-0.25, -0.2) is 22.7 Å². The fourth-order valence-electron chi connectivity index (χ4n) is 3.85. The zero-order valence-electron chi connectivity index (χ0n) is 19.8. The number of pyridine rings is 1. The number of hydroxylamine groups is 1. The summed E-state index contributed by atoms with van der Waals surface area (Å²) < 4.78 is 59.3. The molecular formula is C24H27F2N3O6S. The number of aryl methyl sites for hydroxylation is 1. The van der Waals surface area contributed by atoms with Crippen molar-refractivity contribution in [3.8, 4) is 11.1 Å². The number of ether oxygens (including phenoxy) is 1. The monoisotopic (exact) mass is 523 g/mol. The molecule has 1 atom stereocenters. The third-order valence-electron chi connectivity index (χ3n) is 5.80. The molecule has 0 fully saturated rings. The summed E-state index contributed by atoms with van der Waals surface area (Å²) in [5, 5.41) is 11.0. The maximum Gasteiger partial charge on any atom is 0.261 e. The second-order valence-electron chi connectivity index (χ2n) is 8.27. The number of rotatable bonds is 11. The second-order valence-corrected chi connectivity index (χ2v) is 10.5. The fraction of sp³-hybridized carbons (Fsp3) is 0.333. The molecule has 0 unspecified atom stereocenters. The maximum absolute atomic E-state index is 14.8. The molecule has 1 heterocycles. The van der Waals surface area contributed by atoms with Crippen LogP contribution in [0.4, 0.5) is 8.78 Å². The minimum atomic E-state index is -3.82. The molecule has 0 spiro atoms. The van der Waals surface area contributed by atoms with Gasteiger partial charge < -0.3 is 14.6 Å². The number of halogens is 2. The minimum Gasteiger partial charge on any atom is -0.383 e. The Balaban J connectivity index is 1.86. The summed E-state index contributed by atoms with van der Waals surface area (Å²) in [5.74, 6) is -3.04. The van der Waals surface area contributed by atoms with Crippen LogP contribution in [0.15, 0.2) is 47.4 Å². The van der Waals surface area contributed by atoms with Crippen LogP contribution in [0.3, 0.4) is 0 Å². The highest BCUT2D eigenvalue weighted by Gasteiger charge is 2.28. The molecule has 0 aliphatic rings. The smallest absolute Gasteiger partial charge is 0.261 e. The molecule has 3 N–H and O–H groups in total. The predicted molar refractivity (Wildman–Crippen MR) is 130 cm³/mol. The van der Waals surface area contributed by atoms with E-state index in [1.54, 1.807) is 19.2 Å². The lowest BCUT2D eigenvalue weighted by atomic mass is 9.99. The van der Waals surface area contributed by atoms with Crippen LogP contribution in [0.1, 0.15) is 12.0 Å². The first-order chi connectivity index (χ1) is 17.1. The van der Waals surface area contributed by atoms with E-state index in [4.69, 9.17) is 9.94 Å². The zero-order valence-corrected chi connectivity index (χ0v) is 20.6. The van der Waals surface area contributed by atoms with Gasteiger partial charge in [0.15, 0.2) is 21.5 Å². The van der Waals surface area contributed by atoms with Crippen LogP contribution in [-0.4, -0.2) is 55.9 Å². The third-order valence-corrected chi connectivity index (χ3v) is 7.28. The van der Waals surface area contributed by atoms with Crippen molar-refractivity contribution in [2.24, 2.45) is 0 Å². The molecule has 2 aromatic carbocycles. The quantitative estimate of drug-likeness (QED) is 0.199. The van der Waals surface area contributed by atoms with Crippen LogP contribution in [-0.2, 0) is 32.5 Å². The van der Waals surface area contributed by atoms with Crippen LogP contribution in [0.2, 0.25) is 0 Å². The number of carbonyl (C=O) groups is 1. The topological polar surface area (TPSA) is 127 Å². The minimum absolute atomic E-state index is 0.0465. The van der Waals surface area contributed by atoms with E-state index in [0.717, 1.165) is 6.26 Å². The largest absolute Gasteiger partial charge is 0.383 e. The first kappa shape index (κ1) is 27.4. The highest BCUT2D eigenvalue weighted by molar-refractivity contribution is 7.92. The van der Waals surface area contributed by atoms with Gasteiger partial charge in [0.05, 0.1) is 6.61 Å². The van der Waals surface area contributed by atoms with Crippen molar-refractivity contribution in [2.75, 3.05) is 26.5 Å². The molecule has 3 aromatic rings. The fourth-order valence-corrected chi connectivity index (χ4v) is 4.82. The number of aromatic nitrogens is 1. The van der Waals surface area contributed by atoms with Gasteiger partial charge >= 0.3 is 0 Å². The van der Waals surface area contributed by atoms with E-state index in [2.05, 4.69) is 5.32 Å². The van der Waals surface area contributed by atoms with Crippen molar-refractivity contribution >= 4 is 26.5 Å². The van der Waals surface area contributed by atoms with Gasteiger partial charge in [0, 0.05) is 55.7 Å². The van der Waals surface area contributed by atoms with Crippen LogP contribution < -0.4 is 16.4 Å². The maximum atomic E-state index is 14.8. The molecule has 1 amide bonds. The lowest BCUT2D eigenvalue weighted by molar-refractivity contribution is -0.128. The molecule has 1 aromatic heterocycles. The Bertz CT molecular complexity index is 1430. The molecule has 0 radical (unpaired) electrons. The van der Waals surface area contributed by atoms with E-state index in [9.17, 15) is 26.8 Å². The second kappa shape index (κ2) is 11.7. The SMILES string of the molecule is COCCNCc1ccc(-c2ccc3c(=O)n(CC[C@H](C(=O)NO)S(C)(=O)=O)ccc3c2)c(F)c1F. The molecule has 0 saturated heterocycles. The summed E-state index contributed by atoms with van der Waals surface area (Å²) in [6.07, 6.45) is 2.06. The Morgan fingerprint density at radius 3 is 2.58 bits per heavy atom. The van der Waals surface area contributed by atoms with Crippen LogP contribution in [0, 0.1) is 11.6 Å². The Hall–Kier alpha value is -3.19. The number of nitrogens with zero attached hydrogens (tertiary/aromatic N) is 1. The number of hydrogen-bond acceptors (Lipinski definition) is 7. The Labute approximate surface area is 206 Å². The molecule has 12 heteroatoms. The molecule has 36 heavy (non-hydrogen) atoms. The number of amides is 1. The van der Waals surface area contributed by atoms with E-state index in [1.807, 2.05) is 0 Å². The summed E-state index contributed by atoms with van der Waals surface area (Å²) in [7, 11) is -2.28. The lowest BCUT2D eigenvalue weighted by Gasteiger charge is -2.14. The van der Waals surface area contributed by atoms with Crippen LogP contribution in [0.25, 0.3) is 21.9 Å². The van der Waals surface area contributed by atoms with Gasteiger partial charge in [-0.05, 0) is 35.6 Å². The van der Waals surface area contributed by atoms with E-state index >= 15 is 0 Å². The van der Waals surface area contributed by atoms with Crippen molar-refractivity contribution in [1.29, 1.82) is 0 Å². The van der Waals surface area contributed by atoms with Crippen LogP contribution >= 0.6 is 0 Å². The molecule has 9 nitrogen and oxygen atoms in total. The van der Waals surface area contributed by atoms with Gasteiger partial charge in [-0.15, -0.1) is 0 Å². The van der Waals surface area contributed by atoms with Gasteiger partial charge in [0.2, 0.25) is 0 Å². The molecule has 194 valence electrons. The standard InChI is InChI=1S/C24H27F2N3O6S/c1-35-12-9-27-14-17-4-5-18(22(26)21(17)25)15-3-6-19-16(13-15)7-10-29(24(19)31)11-8-20(23(30)28-32)36(2,33)34/h3-7,10,13,20,27,32H,8-9,11-12,14H2,1-2H3,(H,28,30)/t20-/m1/s1. The van der Waals surface area contributed by atoms with E-state index in [0.29, 0.717) is 24.1 Å². The molecule has 0 bridgehead atoms. The number of sulfone groups is 1. The number of fused-ring (bicyclic) bond motifs is 1. The molecule has 0 saturated carbocycles. The predicted octanol–water partition coefficient (Wildman–Crippen LogP) is 1.99.